The van der Waals surface area contributed by atoms with E-state index in [9.17, 15) is 13.2 Å². The van der Waals surface area contributed by atoms with Gasteiger partial charge in [-0.3, -0.25) is 4.79 Å². The molecule has 0 N–H and O–H groups in total. The molecule has 0 saturated heterocycles. The number of rotatable bonds is 6. The maximum absolute atomic E-state index is 11.1. The zero-order valence-electron chi connectivity index (χ0n) is 8.95. The minimum Gasteiger partial charge on any atom is -0.463 e. The van der Waals surface area contributed by atoms with Crippen LogP contribution < -0.4 is 0 Å². The van der Waals surface area contributed by atoms with Gasteiger partial charge in [0.2, 0.25) is 0 Å². The lowest BCUT2D eigenvalue weighted by Gasteiger charge is -2.07. The third-order valence-corrected chi connectivity index (χ3v) is 3.43. The van der Waals surface area contributed by atoms with Crippen molar-refractivity contribution < 1.29 is 17.9 Å². The summed E-state index contributed by atoms with van der Waals surface area (Å²) >= 11 is 0. The summed E-state index contributed by atoms with van der Waals surface area (Å²) in [5.74, 6) is -0.130. The van der Waals surface area contributed by atoms with Crippen molar-refractivity contribution >= 4 is 15.8 Å². The second kappa shape index (κ2) is 6.01. The number of carbonyl (C=O) groups excluding carboxylic acids is 1. The molecule has 0 radical (unpaired) electrons. The third-order valence-electron chi connectivity index (χ3n) is 1.64. The first-order valence-corrected chi connectivity index (χ1v) is 6.59. The highest BCUT2D eigenvalue weighted by molar-refractivity contribution is 7.91. The molecule has 0 aromatic carbocycles. The largest absolute Gasteiger partial charge is 0.463 e. The topological polar surface area (TPSA) is 60.4 Å². The molecule has 0 aromatic heterocycles. The number of sulfone groups is 1. The van der Waals surface area contributed by atoms with Crippen molar-refractivity contribution in [2.45, 2.75) is 39.7 Å². The second-order valence-corrected chi connectivity index (χ2v) is 5.85. The molecule has 0 spiro atoms. The van der Waals surface area contributed by atoms with E-state index >= 15 is 0 Å². The molecule has 0 unspecified atom stereocenters. The maximum atomic E-state index is 11.1. The van der Waals surface area contributed by atoms with Gasteiger partial charge in [-0.15, -0.1) is 0 Å². The maximum Gasteiger partial charge on any atom is 0.306 e. The van der Waals surface area contributed by atoms with Gasteiger partial charge in [-0.05, 0) is 20.3 Å². The fraction of sp³-hybridized carbons (Fsp3) is 0.889. The van der Waals surface area contributed by atoms with Crippen LogP contribution in [0, 0.1) is 0 Å². The van der Waals surface area contributed by atoms with Gasteiger partial charge in [-0.2, -0.15) is 0 Å². The van der Waals surface area contributed by atoms with Crippen molar-refractivity contribution in [2.24, 2.45) is 0 Å². The van der Waals surface area contributed by atoms with Crippen LogP contribution in [-0.4, -0.2) is 32.0 Å². The monoisotopic (exact) mass is 222 g/mol. The Morgan fingerprint density at radius 2 is 1.93 bits per heavy atom. The summed E-state index contributed by atoms with van der Waals surface area (Å²) in [6, 6.07) is 0. The van der Waals surface area contributed by atoms with E-state index in [0.717, 1.165) is 0 Å². The highest BCUT2D eigenvalue weighted by Gasteiger charge is 2.10. The van der Waals surface area contributed by atoms with Gasteiger partial charge in [0, 0.05) is 12.2 Å². The standard InChI is InChI=1S/C9H18O4S/c1-4-14(11,12)7-5-6-9(10)13-8(2)3/h8H,4-7H2,1-3H3. The SMILES string of the molecule is CCS(=O)(=O)CCCC(=O)OC(C)C. The van der Waals surface area contributed by atoms with Crippen LogP contribution in [0.3, 0.4) is 0 Å². The number of ether oxygens (including phenoxy) is 1. The van der Waals surface area contributed by atoms with Gasteiger partial charge in [0.25, 0.3) is 0 Å². The van der Waals surface area contributed by atoms with E-state index in [0.29, 0.717) is 6.42 Å². The van der Waals surface area contributed by atoms with Crippen LogP contribution in [0.15, 0.2) is 0 Å². The fourth-order valence-electron chi connectivity index (χ4n) is 0.903. The van der Waals surface area contributed by atoms with Crippen molar-refractivity contribution in [3.05, 3.63) is 0 Å². The molecule has 0 aliphatic heterocycles. The molecule has 5 heteroatoms. The van der Waals surface area contributed by atoms with E-state index in [2.05, 4.69) is 0 Å². The summed E-state index contributed by atoms with van der Waals surface area (Å²) in [7, 11) is -2.95. The van der Waals surface area contributed by atoms with Gasteiger partial charge in [-0.1, -0.05) is 6.92 Å². The minimum absolute atomic E-state index is 0.0662. The van der Waals surface area contributed by atoms with Crippen molar-refractivity contribution in [1.82, 2.24) is 0 Å². The lowest BCUT2D eigenvalue weighted by Crippen LogP contribution is -2.14. The van der Waals surface area contributed by atoms with Gasteiger partial charge in [0.1, 0.15) is 9.84 Å². The zero-order chi connectivity index (χ0) is 11.2. The molecule has 84 valence electrons. The Hall–Kier alpha value is -0.580. The summed E-state index contributed by atoms with van der Waals surface area (Å²) in [5, 5.41) is 0. The molecule has 0 bridgehead atoms. The Labute approximate surface area is 85.6 Å². The summed E-state index contributed by atoms with van der Waals surface area (Å²) in [6.07, 6.45) is 0.393. The van der Waals surface area contributed by atoms with Crippen LogP contribution in [0.5, 0.6) is 0 Å². The first-order valence-electron chi connectivity index (χ1n) is 4.77. The lowest BCUT2D eigenvalue weighted by atomic mass is 10.3. The molecule has 0 fully saturated rings. The summed E-state index contributed by atoms with van der Waals surface area (Å²) in [4.78, 5) is 11.0. The average molecular weight is 222 g/mol. The molecule has 0 aromatic rings. The molecule has 0 aliphatic rings. The molecular weight excluding hydrogens is 204 g/mol. The average Bonchev–Trinajstić information content (AvgIpc) is 2.02. The van der Waals surface area contributed by atoms with E-state index < -0.39 is 9.84 Å². The number of carbonyl (C=O) groups is 1. The van der Waals surface area contributed by atoms with Crippen LogP contribution in [0.1, 0.15) is 33.6 Å². The van der Waals surface area contributed by atoms with Crippen LogP contribution in [0.2, 0.25) is 0 Å². The van der Waals surface area contributed by atoms with Crippen molar-refractivity contribution in [3.8, 4) is 0 Å². The summed E-state index contributed by atoms with van der Waals surface area (Å²) < 4.78 is 27.0. The van der Waals surface area contributed by atoms with E-state index in [1.165, 1.54) is 0 Å². The first-order chi connectivity index (χ1) is 6.37. The molecule has 0 saturated carbocycles. The minimum atomic E-state index is -2.95. The van der Waals surface area contributed by atoms with Gasteiger partial charge in [-0.25, -0.2) is 8.42 Å². The van der Waals surface area contributed by atoms with Crippen LogP contribution >= 0.6 is 0 Å². The lowest BCUT2D eigenvalue weighted by molar-refractivity contribution is -0.147. The van der Waals surface area contributed by atoms with Crippen LogP contribution in [0.4, 0.5) is 0 Å². The number of esters is 1. The Morgan fingerprint density at radius 1 is 1.36 bits per heavy atom. The van der Waals surface area contributed by atoms with E-state index in [-0.39, 0.29) is 30.0 Å². The molecule has 4 nitrogen and oxygen atoms in total. The smallest absolute Gasteiger partial charge is 0.306 e. The Balaban J connectivity index is 3.70. The highest BCUT2D eigenvalue weighted by Crippen LogP contribution is 2.00. The fourth-order valence-corrected chi connectivity index (χ4v) is 1.78. The van der Waals surface area contributed by atoms with E-state index in [1.807, 2.05) is 0 Å². The summed E-state index contributed by atoms with van der Waals surface area (Å²) in [6.45, 7) is 5.13. The Morgan fingerprint density at radius 3 is 2.36 bits per heavy atom. The predicted octanol–water partition coefficient (Wildman–Crippen LogP) is 1.15. The van der Waals surface area contributed by atoms with Crippen molar-refractivity contribution in [3.63, 3.8) is 0 Å². The molecule has 0 heterocycles. The van der Waals surface area contributed by atoms with Crippen molar-refractivity contribution in [2.75, 3.05) is 11.5 Å². The molecule has 0 rings (SSSR count). The van der Waals surface area contributed by atoms with Crippen molar-refractivity contribution in [1.29, 1.82) is 0 Å². The van der Waals surface area contributed by atoms with Gasteiger partial charge >= 0.3 is 5.97 Å². The van der Waals surface area contributed by atoms with Crippen LogP contribution in [-0.2, 0) is 19.4 Å². The van der Waals surface area contributed by atoms with E-state index in [1.54, 1.807) is 20.8 Å². The van der Waals surface area contributed by atoms with Crippen LogP contribution in [0.25, 0.3) is 0 Å². The first kappa shape index (κ1) is 13.4. The van der Waals surface area contributed by atoms with E-state index in [4.69, 9.17) is 4.74 Å². The predicted molar refractivity (Wildman–Crippen MR) is 54.8 cm³/mol. The highest BCUT2D eigenvalue weighted by atomic mass is 32.2. The quantitative estimate of drug-likeness (QED) is 0.633. The number of hydrogen-bond acceptors (Lipinski definition) is 4. The second-order valence-electron chi connectivity index (χ2n) is 3.38. The van der Waals surface area contributed by atoms with Gasteiger partial charge in [0.15, 0.2) is 0 Å². The molecular formula is C9H18O4S. The zero-order valence-corrected chi connectivity index (χ0v) is 9.76. The Bertz CT molecular complexity index is 267. The molecule has 0 amide bonds. The molecule has 0 atom stereocenters. The third kappa shape index (κ3) is 6.88. The number of hydrogen-bond donors (Lipinski definition) is 0. The molecule has 14 heavy (non-hydrogen) atoms. The van der Waals surface area contributed by atoms with Gasteiger partial charge < -0.3 is 4.74 Å². The Kier molecular flexibility index (Phi) is 5.76. The van der Waals surface area contributed by atoms with Gasteiger partial charge in [0.05, 0.1) is 11.9 Å². The summed E-state index contributed by atoms with van der Waals surface area (Å²) in [5.41, 5.74) is 0. The normalized spacial score (nSPS) is 11.7. The molecule has 0 aliphatic carbocycles.